The summed E-state index contributed by atoms with van der Waals surface area (Å²) < 4.78 is 30.2. The molecule has 0 fully saturated rings. The Morgan fingerprint density at radius 3 is 2.11 bits per heavy atom. The quantitative estimate of drug-likeness (QED) is 0.179. The summed E-state index contributed by atoms with van der Waals surface area (Å²) in [4.78, 5) is 29.9. The Morgan fingerprint density at radius 2 is 1.51 bits per heavy atom. The van der Waals surface area contributed by atoms with Crippen LogP contribution in [0.3, 0.4) is 0 Å². The highest BCUT2D eigenvalue weighted by atomic mass is 79.9. The molecule has 0 radical (unpaired) electrons. The van der Waals surface area contributed by atoms with Gasteiger partial charge in [0.25, 0.3) is 10.0 Å². The Labute approximate surface area is 279 Å². The zero-order valence-electron chi connectivity index (χ0n) is 25.7. The molecule has 0 aliphatic heterocycles. The molecule has 4 rings (SSSR count). The third-order valence-electron chi connectivity index (χ3n) is 7.01. The normalized spacial score (nSPS) is 12.3. The van der Waals surface area contributed by atoms with Crippen LogP contribution >= 0.6 is 27.5 Å². The molecule has 0 saturated heterocycles. The summed E-state index contributed by atoms with van der Waals surface area (Å²) in [5.41, 5.74) is 2.25. The van der Waals surface area contributed by atoms with Gasteiger partial charge in [0.1, 0.15) is 12.6 Å². The lowest BCUT2D eigenvalue weighted by atomic mass is 10.0. The molecule has 0 heterocycles. The van der Waals surface area contributed by atoms with Gasteiger partial charge in [0.05, 0.1) is 10.6 Å². The third kappa shape index (κ3) is 9.42. The lowest BCUT2D eigenvalue weighted by molar-refractivity contribution is -0.140. The highest BCUT2D eigenvalue weighted by Gasteiger charge is 2.35. The summed E-state index contributed by atoms with van der Waals surface area (Å²) in [5, 5.41) is 3.43. The highest BCUT2D eigenvalue weighted by molar-refractivity contribution is 9.10. The molecular weight excluding hydrogens is 674 g/mol. The number of rotatable bonds is 11. The zero-order chi connectivity index (χ0) is 32.8. The van der Waals surface area contributed by atoms with E-state index in [-0.39, 0.29) is 23.8 Å². The number of hydrogen-bond donors (Lipinski definition) is 1. The maximum Gasteiger partial charge on any atom is 0.264 e. The van der Waals surface area contributed by atoms with Gasteiger partial charge in [-0.1, -0.05) is 82.1 Å². The zero-order valence-corrected chi connectivity index (χ0v) is 28.9. The fourth-order valence-electron chi connectivity index (χ4n) is 4.84. The van der Waals surface area contributed by atoms with E-state index in [0.29, 0.717) is 10.7 Å². The molecule has 2 amide bonds. The Kier molecular flexibility index (Phi) is 11.1. The minimum absolute atomic E-state index is 0.00743. The van der Waals surface area contributed by atoms with E-state index in [2.05, 4.69) is 21.2 Å². The number of halogens is 2. The van der Waals surface area contributed by atoms with Crippen LogP contribution in [0, 0.1) is 6.92 Å². The highest BCUT2D eigenvalue weighted by Crippen LogP contribution is 2.27. The molecule has 0 aliphatic rings. The van der Waals surface area contributed by atoms with Gasteiger partial charge in [-0.2, -0.15) is 0 Å². The summed E-state index contributed by atoms with van der Waals surface area (Å²) in [6.07, 6.45) is 0.236. The molecule has 10 heteroatoms. The van der Waals surface area contributed by atoms with Crippen LogP contribution in [0.1, 0.15) is 37.5 Å². The van der Waals surface area contributed by atoms with Gasteiger partial charge in [-0.15, -0.1) is 0 Å². The predicted molar refractivity (Wildman–Crippen MR) is 184 cm³/mol. The summed E-state index contributed by atoms with van der Waals surface area (Å²) in [6.45, 7) is 7.05. The van der Waals surface area contributed by atoms with Crippen molar-refractivity contribution in [1.82, 2.24) is 10.2 Å². The summed E-state index contributed by atoms with van der Waals surface area (Å²) in [7, 11) is -4.21. The lowest BCUT2D eigenvalue weighted by Gasteiger charge is -2.35. The smallest absolute Gasteiger partial charge is 0.264 e. The van der Waals surface area contributed by atoms with Crippen LogP contribution in [-0.4, -0.2) is 43.3 Å². The number of nitrogens with zero attached hydrogens (tertiary/aromatic N) is 2. The summed E-state index contributed by atoms with van der Waals surface area (Å²) in [6, 6.07) is 28.8. The maximum atomic E-state index is 14.5. The van der Waals surface area contributed by atoms with Crippen LogP contribution in [0.15, 0.2) is 112 Å². The minimum Gasteiger partial charge on any atom is -0.350 e. The Balaban J connectivity index is 1.81. The van der Waals surface area contributed by atoms with Crippen molar-refractivity contribution in [3.05, 3.63) is 129 Å². The summed E-state index contributed by atoms with van der Waals surface area (Å²) >= 11 is 9.52. The van der Waals surface area contributed by atoms with E-state index in [0.717, 1.165) is 25.5 Å². The van der Waals surface area contributed by atoms with Gasteiger partial charge >= 0.3 is 0 Å². The monoisotopic (exact) mass is 709 g/mol. The second-order valence-corrected chi connectivity index (χ2v) is 15.1. The van der Waals surface area contributed by atoms with Crippen molar-refractivity contribution in [1.29, 1.82) is 0 Å². The molecule has 45 heavy (non-hydrogen) atoms. The Morgan fingerprint density at radius 1 is 0.867 bits per heavy atom. The first-order valence-corrected chi connectivity index (χ1v) is 17.1. The second kappa shape index (κ2) is 14.6. The number of aryl methyl sites for hydroxylation is 1. The standard InChI is InChI=1S/C35H37BrClN3O4S/c1-25-9-8-12-30(21-25)40(45(43,44)31-19-17-29(37)18-20-31)24-33(41)39(23-27-13-15-28(36)16-14-27)32(34(42)38-35(2,3)4)22-26-10-6-5-7-11-26/h5-21,32H,22-24H2,1-4H3,(H,38,42)/t32-/m1/s1. The Hall–Kier alpha value is -3.66. The fraction of sp³-hybridized carbons (Fsp3) is 0.257. The second-order valence-electron chi connectivity index (χ2n) is 11.9. The van der Waals surface area contributed by atoms with Crippen LogP contribution in [0.4, 0.5) is 5.69 Å². The molecule has 4 aromatic rings. The molecule has 7 nitrogen and oxygen atoms in total. The fourth-order valence-corrected chi connectivity index (χ4v) is 6.64. The van der Waals surface area contributed by atoms with Crippen molar-refractivity contribution in [2.75, 3.05) is 10.8 Å². The Bertz CT molecular complexity index is 1730. The SMILES string of the molecule is Cc1cccc(N(CC(=O)N(Cc2ccc(Br)cc2)[C@H](Cc2ccccc2)C(=O)NC(C)(C)C)S(=O)(=O)c2ccc(Cl)cc2)c1. The van der Waals surface area contributed by atoms with Crippen molar-refractivity contribution in [3.8, 4) is 0 Å². The van der Waals surface area contributed by atoms with Crippen LogP contribution in [0.25, 0.3) is 0 Å². The van der Waals surface area contributed by atoms with Crippen molar-refractivity contribution >= 4 is 55.1 Å². The van der Waals surface area contributed by atoms with Crippen LogP contribution in [0.2, 0.25) is 5.02 Å². The molecule has 1 atom stereocenters. The van der Waals surface area contributed by atoms with Gasteiger partial charge in [0.15, 0.2) is 0 Å². The average molecular weight is 711 g/mol. The minimum atomic E-state index is -4.21. The number of carbonyl (C=O) groups excluding carboxylic acids is 2. The van der Waals surface area contributed by atoms with Crippen molar-refractivity contribution in [2.24, 2.45) is 0 Å². The van der Waals surface area contributed by atoms with Crippen LogP contribution in [-0.2, 0) is 32.6 Å². The maximum absolute atomic E-state index is 14.5. The van der Waals surface area contributed by atoms with E-state index in [4.69, 9.17) is 11.6 Å². The average Bonchev–Trinajstić information content (AvgIpc) is 2.98. The number of benzene rings is 4. The molecule has 1 N–H and O–H groups in total. The van der Waals surface area contributed by atoms with Gasteiger partial charge in [-0.05, 0) is 92.9 Å². The van der Waals surface area contributed by atoms with Crippen LogP contribution < -0.4 is 9.62 Å². The molecular formula is C35H37BrClN3O4S. The van der Waals surface area contributed by atoms with Gasteiger partial charge in [0.2, 0.25) is 11.8 Å². The number of nitrogens with one attached hydrogen (secondary N) is 1. The molecule has 0 saturated carbocycles. The number of carbonyl (C=O) groups is 2. The van der Waals surface area contributed by atoms with E-state index < -0.39 is 34.1 Å². The first-order chi connectivity index (χ1) is 21.2. The predicted octanol–water partition coefficient (Wildman–Crippen LogP) is 7.16. The molecule has 0 bridgehead atoms. The first-order valence-electron chi connectivity index (χ1n) is 14.5. The topological polar surface area (TPSA) is 86.8 Å². The van der Waals surface area contributed by atoms with E-state index in [1.807, 2.05) is 88.4 Å². The van der Waals surface area contributed by atoms with Crippen molar-refractivity contribution in [3.63, 3.8) is 0 Å². The van der Waals surface area contributed by atoms with E-state index >= 15 is 0 Å². The van der Waals surface area contributed by atoms with Gasteiger partial charge in [-0.25, -0.2) is 8.42 Å². The molecule has 4 aromatic carbocycles. The summed E-state index contributed by atoms with van der Waals surface area (Å²) in [5.74, 6) is -0.860. The largest absolute Gasteiger partial charge is 0.350 e. The molecule has 236 valence electrons. The number of hydrogen-bond acceptors (Lipinski definition) is 4. The molecule has 0 spiro atoms. The molecule has 0 aromatic heterocycles. The first kappa shape index (κ1) is 34.2. The third-order valence-corrected chi connectivity index (χ3v) is 9.57. The van der Waals surface area contributed by atoms with Gasteiger partial charge in [0, 0.05) is 28.0 Å². The van der Waals surface area contributed by atoms with E-state index in [9.17, 15) is 18.0 Å². The number of amides is 2. The molecule has 0 unspecified atom stereocenters. The molecule has 0 aliphatic carbocycles. The number of sulfonamides is 1. The van der Waals surface area contributed by atoms with Crippen LogP contribution in [0.5, 0.6) is 0 Å². The van der Waals surface area contributed by atoms with Crippen molar-refractivity contribution < 1.29 is 18.0 Å². The lowest BCUT2D eigenvalue weighted by Crippen LogP contribution is -2.56. The van der Waals surface area contributed by atoms with Crippen molar-refractivity contribution in [2.45, 2.75) is 57.1 Å². The van der Waals surface area contributed by atoms with E-state index in [1.54, 1.807) is 18.2 Å². The van der Waals surface area contributed by atoms with Gasteiger partial charge < -0.3 is 10.2 Å². The van der Waals surface area contributed by atoms with E-state index in [1.165, 1.54) is 29.2 Å². The number of anilines is 1. The van der Waals surface area contributed by atoms with Gasteiger partial charge in [-0.3, -0.25) is 13.9 Å².